The second-order valence-corrected chi connectivity index (χ2v) is 7.57. The molecule has 0 aliphatic rings. The quantitative estimate of drug-likeness (QED) is 0.380. The van der Waals surface area contributed by atoms with E-state index in [9.17, 15) is 9.59 Å². The summed E-state index contributed by atoms with van der Waals surface area (Å²) in [4.78, 5) is 25.1. The lowest BCUT2D eigenvalue weighted by atomic mass is 9.90. The molecule has 0 aliphatic carbocycles. The number of nitrogens with zero attached hydrogens (tertiary/aromatic N) is 1. The van der Waals surface area contributed by atoms with Gasteiger partial charge in [-0.2, -0.15) is 5.10 Å². The van der Waals surface area contributed by atoms with Crippen LogP contribution < -0.4 is 15.5 Å². The maximum absolute atomic E-state index is 12.9. The molecule has 0 aliphatic heterocycles. The maximum Gasteiger partial charge on any atom is 0.259 e. The summed E-state index contributed by atoms with van der Waals surface area (Å²) in [6.45, 7) is -0.193. The fourth-order valence-electron chi connectivity index (χ4n) is 3.08. The number of nitrogens with one attached hydrogen (secondary N) is 2. The van der Waals surface area contributed by atoms with Crippen LogP contribution in [0.25, 0.3) is 0 Å². The highest BCUT2D eigenvalue weighted by Gasteiger charge is 2.22. The smallest absolute Gasteiger partial charge is 0.259 e. The van der Waals surface area contributed by atoms with E-state index in [-0.39, 0.29) is 12.5 Å². The Balaban J connectivity index is 1.62. The molecule has 3 aromatic carbocycles. The zero-order valence-electron chi connectivity index (χ0n) is 16.9. The number of ether oxygens (including phenoxy) is 1. The average molecular weight is 480 g/mol. The van der Waals surface area contributed by atoms with Gasteiger partial charge in [0.2, 0.25) is 5.91 Å². The van der Waals surface area contributed by atoms with E-state index >= 15 is 0 Å². The van der Waals surface area contributed by atoms with Crippen LogP contribution in [-0.2, 0) is 9.59 Å². The van der Waals surface area contributed by atoms with Gasteiger partial charge in [0.05, 0.1) is 25.8 Å². The molecule has 158 valence electrons. The van der Waals surface area contributed by atoms with Crippen LogP contribution in [0.2, 0.25) is 0 Å². The third kappa shape index (κ3) is 6.26. The molecule has 3 rings (SSSR count). The van der Waals surface area contributed by atoms with E-state index in [1.165, 1.54) is 6.21 Å². The van der Waals surface area contributed by atoms with Crippen molar-refractivity contribution in [1.82, 2.24) is 10.7 Å². The van der Waals surface area contributed by atoms with E-state index < -0.39 is 11.8 Å². The zero-order valence-corrected chi connectivity index (χ0v) is 18.5. The molecule has 0 saturated heterocycles. The van der Waals surface area contributed by atoms with E-state index in [0.717, 1.165) is 15.6 Å². The van der Waals surface area contributed by atoms with Crippen LogP contribution in [0.3, 0.4) is 0 Å². The molecule has 0 saturated carbocycles. The average Bonchev–Trinajstić information content (AvgIpc) is 2.79. The number of hydrazone groups is 1. The van der Waals surface area contributed by atoms with Crippen LogP contribution in [0.5, 0.6) is 5.75 Å². The van der Waals surface area contributed by atoms with Gasteiger partial charge in [-0.15, -0.1) is 0 Å². The van der Waals surface area contributed by atoms with E-state index in [1.807, 2.05) is 72.8 Å². The number of hydrogen-bond acceptors (Lipinski definition) is 4. The summed E-state index contributed by atoms with van der Waals surface area (Å²) in [5.41, 5.74) is 4.83. The molecule has 0 aromatic heterocycles. The van der Waals surface area contributed by atoms with Gasteiger partial charge in [0.15, 0.2) is 0 Å². The summed E-state index contributed by atoms with van der Waals surface area (Å²) >= 11 is 3.39. The fourth-order valence-corrected chi connectivity index (χ4v) is 3.45. The molecule has 0 bridgehead atoms. The van der Waals surface area contributed by atoms with E-state index in [1.54, 1.807) is 13.2 Å². The third-order valence-electron chi connectivity index (χ3n) is 4.54. The molecule has 0 heterocycles. The Kier molecular flexibility index (Phi) is 7.95. The number of halogens is 1. The monoisotopic (exact) mass is 479 g/mol. The molecule has 31 heavy (non-hydrogen) atoms. The van der Waals surface area contributed by atoms with Gasteiger partial charge in [0, 0.05) is 10.0 Å². The molecule has 2 N–H and O–H groups in total. The van der Waals surface area contributed by atoms with Crippen LogP contribution in [0.1, 0.15) is 22.6 Å². The summed E-state index contributed by atoms with van der Waals surface area (Å²) < 4.78 is 6.13. The Labute approximate surface area is 189 Å². The number of amides is 2. The van der Waals surface area contributed by atoms with E-state index in [0.29, 0.717) is 11.3 Å². The molecule has 2 amide bonds. The lowest BCUT2D eigenvalue weighted by Gasteiger charge is -2.17. The summed E-state index contributed by atoms with van der Waals surface area (Å²) in [5.74, 6) is -0.573. The second kappa shape index (κ2) is 11.1. The first-order valence-electron chi connectivity index (χ1n) is 9.61. The first kappa shape index (κ1) is 22.2. The first-order valence-corrected chi connectivity index (χ1v) is 10.4. The SMILES string of the molecule is COc1ccc(Br)cc1/C=N/NC(=O)CNC(=O)C(c1ccccc1)c1ccccc1. The van der Waals surface area contributed by atoms with Gasteiger partial charge in [-0.25, -0.2) is 5.43 Å². The summed E-state index contributed by atoms with van der Waals surface area (Å²) in [7, 11) is 1.56. The van der Waals surface area contributed by atoms with Crippen molar-refractivity contribution < 1.29 is 14.3 Å². The van der Waals surface area contributed by atoms with Gasteiger partial charge in [0.25, 0.3) is 5.91 Å². The van der Waals surface area contributed by atoms with Crippen molar-refractivity contribution >= 4 is 34.0 Å². The molecule has 0 radical (unpaired) electrons. The number of methoxy groups -OCH3 is 1. The highest BCUT2D eigenvalue weighted by atomic mass is 79.9. The topological polar surface area (TPSA) is 79.8 Å². The molecular weight excluding hydrogens is 458 g/mol. The Hall–Kier alpha value is -3.45. The lowest BCUT2D eigenvalue weighted by molar-refractivity contribution is -0.126. The van der Waals surface area contributed by atoms with Crippen LogP contribution in [0, 0.1) is 0 Å². The van der Waals surface area contributed by atoms with Crippen molar-refractivity contribution in [3.8, 4) is 5.75 Å². The lowest BCUT2D eigenvalue weighted by Crippen LogP contribution is -2.37. The highest BCUT2D eigenvalue weighted by molar-refractivity contribution is 9.10. The molecule has 6 nitrogen and oxygen atoms in total. The van der Waals surface area contributed by atoms with Crippen LogP contribution in [0.4, 0.5) is 0 Å². The minimum Gasteiger partial charge on any atom is -0.496 e. The van der Waals surface area contributed by atoms with Gasteiger partial charge < -0.3 is 10.1 Å². The second-order valence-electron chi connectivity index (χ2n) is 6.65. The number of rotatable bonds is 8. The van der Waals surface area contributed by atoms with Crippen molar-refractivity contribution in [2.45, 2.75) is 5.92 Å². The molecule has 0 atom stereocenters. The first-order chi connectivity index (χ1) is 15.1. The number of carbonyl (C=O) groups is 2. The van der Waals surface area contributed by atoms with Gasteiger partial charge in [-0.05, 0) is 29.3 Å². The Morgan fingerprint density at radius 3 is 2.19 bits per heavy atom. The van der Waals surface area contributed by atoms with Crippen molar-refractivity contribution in [3.05, 3.63) is 100 Å². The normalized spacial score (nSPS) is 10.8. The third-order valence-corrected chi connectivity index (χ3v) is 5.03. The molecule has 3 aromatic rings. The molecule has 0 fully saturated rings. The fraction of sp³-hybridized carbons (Fsp3) is 0.125. The van der Waals surface area contributed by atoms with Crippen molar-refractivity contribution in [2.75, 3.05) is 13.7 Å². The van der Waals surface area contributed by atoms with E-state index in [4.69, 9.17) is 4.74 Å². The Morgan fingerprint density at radius 1 is 1.00 bits per heavy atom. The van der Waals surface area contributed by atoms with Gasteiger partial charge in [-0.3, -0.25) is 9.59 Å². The predicted octanol–water partition coefficient (Wildman–Crippen LogP) is 3.86. The van der Waals surface area contributed by atoms with Crippen LogP contribution >= 0.6 is 15.9 Å². The number of carbonyl (C=O) groups excluding carboxylic acids is 2. The standard InChI is InChI=1S/C24H22BrN3O3/c1-31-21-13-12-20(25)14-19(21)15-27-28-22(29)16-26-24(30)23(17-8-4-2-5-9-17)18-10-6-3-7-11-18/h2-15,23H,16H2,1H3,(H,26,30)(H,28,29)/b27-15+. The highest BCUT2D eigenvalue weighted by Crippen LogP contribution is 2.24. The number of benzene rings is 3. The van der Waals surface area contributed by atoms with Crippen molar-refractivity contribution in [2.24, 2.45) is 5.10 Å². The van der Waals surface area contributed by atoms with Crippen LogP contribution in [0.15, 0.2) is 88.4 Å². The Morgan fingerprint density at radius 2 is 1.61 bits per heavy atom. The van der Waals surface area contributed by atoms with E-state index in [2.05, 4.69) is 31.8 Å². The van der Waals surface area contributed by atoms with Crippen LogP contribution in [-0.4, -0.2) is 31.7 Å². The Bertz CT molecular complexity index is 1020. The van der Waals surface area contributed by atoms with Crippen molar-refractivity contribution in [3.63, 3.8) is 0 Å². The predicted molar refractivity (Wildman–Crippen MR) is 124 cm³/mol. The minimum absolute atomic E-state index is 0.193. The molecule has 0 spiro atoms. The van der Waals surface area contributed by atoms with Gasteiger partial charge in [-0.1, -0.05) is 76.6 Å². The molecule has 7 heteroatoms. The summed E-state index contributed by atoms with van der Waals surface area (Å²) in [5, 5.41) is 6.66. The largest absolute Gasteiger partial charge is 0.496 e. The van der Waals surface area contributed by atoms with Crippen molar-refractivity contribution in [1.29, 1.82) is 0 Å². The zero-order chi connectivity index (χ0) is 22.1. The maximum atomic E-state index is 12.9. The molecule has 0 unspecified atom stereocenters. The summed E-state index contributed by atoms with van der Waals surface area (Å²) in [6, 6.07) is 24.4. The summed E-state index contributed by atoms with van der Waals surface area (Å²) in [6.07, 6.45) is 1.49. The molecular formula is C24H22BrN3O3. The van der Waals surface area contributed by atoms with Gasteiger partial charge >= 0.3 is 0 Å². The number of hydrogen-bond donors (Lipinski definition) is 2. The minimum atomic E-state index is -0.510. The van der Waals surface area contributed by atoms with Gasteiger partial charge in [0.1, 0.15) is 5.75 Å².